The van der Waals surface area contributed by atoms with Gasteiger partial charge in [-0.25, -0.2) is 0 Å². The summed E-state index contributed by atoms with van der Waals surface area (Å²) in [6.07, 6.45) is 0. The number of nitro groups is 1. The normalized spacial score (nSPS) is 10.5. The molecule has 1 amide bonds. The Labute approximate surface area is 139 Å². The number of non-ortho nitro benzene ring substituents is 1. The van der Waals surface area contributed by atoms with E-state index in [0.29, 0.717) is 12.1 Å². The van der Waals surface area contributed by atoms with Crippen molar-refractivity contribution in [2.45, 2.75) is 6.54 Å². The number of nitrogens with zero attached hydrogens (tertiary/aromatic N) is 2. The summed E-state index contributed by atoms with van der Waals surface area (Å²) >= 11 is 0. The third kappa shape index (κ3) is 3.25. The molecule has 0 saturated carbocycles. The van der Waals surface area contributed by atoms with E-state index in [0.717, 1.165) is 16.3 Å². The zero-order valence-electron chi connectivity index (χ0n) is 13.2. The zero-order chi connectivity index (χ0) is 17.1. The Balaban J connectivity index is 1.76. The monoisotopic (exact) mass is 320 g/mol. The van der Waals surface area contributed by atoms with E-state index in [4.69, 9.17) is 0 Å². The van der Waals surface area contributed by atoms with Gasteiger partial charge in [0.25, 0.3) is 11.6 Å². The number of amides is 1. The molecule has 0 fully saturated rings. The van der Waals surface area contributed by atoms with Gasteiger partial charge in [0.1, 0.15) is 0 Å². The zero-order valence-corrected chi connectivity index (χ0v) is 13.2. The first-order valence-electron chi connectivity index (χ1n) is 7.52. The lowest BCUT2D eigenvalue weighted by Gasteiger charge is -2.17. The van der Waals surface area contributed by atoms with Crippen LogP contribution in [0, 0.1) is 10.1 Å². The number of rotatable bonds is 4. The molecular formula is C19H16N2O3. The third-order valence-corrected chi connectivity index (χ3v) is 3.91. The quantitative estimate of drug-likeness (QED) is 0.539. The van der Waals surface area contributed by atoms with Gasteiger partial charge < -0.3 is 4.90 Å². The lowest BCUT2D eigenvalue weighted by atomic mass is 10.1. The van der Waals surface area contributed by atoms with Gasteiger partial charge >= 0.3 is 0 Å². The van der Waals surface area contributed by atoms with Gasteiger partial charge in [-0.3, -0.25) is 14.9 Å². The van der Waals surface area contributed by atoms with Crippen molar-refractivity contribution in [2.24, 2.45) is 0 Å². The second-order valence-corrected chi connectivity index (χ2v) is 5.65. The maximum atomic E-state index is 12.4. The molecule has 0 radical (unpaired) electrons. The third-order valence-electron chi connectivity index (χ3n) is 3.91. The average molecular weight is 320 g/mol. The molecule has 3 aromatic rings. The summed E-state index contributed by atoms with van der Waals surface area (Å²) in [6.45, 7) is 0.473. The van der Waals surface area contributed by atoms with Gasteiger partial charge in [0, 0.05) is 31.3 Å². The molecule has 0 aliphatic carbocycles. The minimum Gasteiger partial charge on any atom is -0.337 e. The van der Waals surface area contributed by atoms with Crippen LogP contribution in [0.3, 0.4) is 0 Å². The van der Waals surface area contributed by atoms with Crippen molar-refractivity contribution in [2.75, 3.05) is 7.05 Å². The number of carbonyl (C=O) groups excluding carboxylic acids is 1. The maximum absolute atomic E-state index is 12.4. The molecule has 0 aliphatic rings. The highest BCUT2D eigenvalue weighted by molar-refractivity contribution is 5.94. The molecule has 3 rings (SSSR count). The summed E-state index contributed by atoms with van der Waals surface area (Å²) in [7, 11) is 1.72. The maximum Gasteiger partial charge on any atom is 0.269 e. The summed E-state index contributed by atoms with van der Waals surface area (Å²) < 4.78 is 0. The summed E-state index contributed by atoms with van der Waals surface area (Å²) in [6, 6.07) is 19.8. The average Bonchev–Trinajstić information content (AvgIpc) is 2.61. The molecule has 0 aliphatic heterocycles. The van der Waals surface area contributed by atoms with Crippen LogP contribution in [-0.2, 0) is 6.54 Å². The second kappa shape index (κ2) is 6.50. The van der Waals surface area contributed by atoms with Crippen LogP contribution in [0.5, 0.6) is 0 Å². The van der Waals surface area contributed by atoms with E-state index in [1.54, 1.807) is 11.9 Å². The Kier molecular flexibility index (Phi) is 4.24. The SMILES string of the molecule is CN(Cc1ccc2ccccc2c1)C(=O)c1ccc([N+](=O)[O-])cc1. The lowest BCUT2D eigenvalue weighted by molar-refractivity contribution is -0.384. The first-order chi connectivity index (χ1) is 11.5. The Morgan fingerprint density at radius 3 is 2.33 bits per heavy atom. The fraction of sp³-hybridized carbons (Fsp3) is 0.105. The van der Waals surface area contributed by atoms with Crippen molar-refractivity contribution in [3.05, 3.63) is 88.0 Å². The molecule has 0 atom stereocenters. The smallest absolute Gasteiger partial charge is 0.269 e. The molecule has 5 nitrogen and oxygen atoms in total. The van der Waals surface area contributed by atoms with Crippen molar-refractivity contribution in [1.29, 1.82) is 0 Å². The predicted octanol–water partition coefficient (Wildman–Crippen LogP) is 4.02. The fourth-order valence-corrected chi connectivity index (χ4v) is 2.63. The molecule has 0 heterocycles. The Bertz CT molecular complexity index is 904. The van der Waals surface area contributed by atoms with Gasteiger partial charge in [0.2, 0.25) is 0 Å². The first-order valence-corrected chi connectivity index (χ1v) is 7.52. The van der Waals surface area contributed by atoms with Crippen molar-refractivity contribution < 1.29 is 9.72 Å². The topological polar surface area (TPSA) is 63.5 Å². The predicted molar refractivity (Wildman–Crippen MR) is 92.8 cm³/mol. The van der Waals surface area contributed by atoms with Gasteiger partial charge in [0.05, 0.1) is 4.92 Å². The molecule has 0 aromatic heterocycles. The van der Waals surface area contributed by atoms with Crippen molar-refractivity contribution in [3.63, 3.8) is 0 Å². The lowest BCUT2D eigenvalue weighted by Crippen LogP contribution is -2.26. The van der Waals surface area contributed by atoms with Gasteiger partial charge in [-0.2, -0.15) is 0 Å². The number of nitro benzene ring substituents is 1. The van der Waals surface area contributed by atoms with E-state index in [-0.39, 0.29) is 11.6 Å². The highest BCUT2D eigenvalue weighted by Gasteiger charge is 2.14. The van der Waals surface area contributed by atoms with E-state index in [1.165, 1.54) is 24.3 Å². The van der Waals surface area contributed by atoms with E-state index in [9.17, 15) is 14.9 Å². The van der Waals surface area contributed by atoms with Crippen LogP contribution in [0.2, 0.25) is 0 Å². The van der Waals surface area contributed by atoms with Gasteiger partial charge in [0.15, 0.2) is 0 Å². The largest absolute Gasteiger partial charge is 0.337 e. The summed E-state index contributed by atoms with van der Waals surface area (Å²) in [5.74, 6) is -0.168. The van der Waals surface area contributed by atoms with Crippen LogP contribution in [-0.4, -0.2) is 22.8 Å². The summed E-state index contributed by atoms with van der Waals surface area (Å²) in [4.78, 5) is 24.2. The van der Waals surface area contributed by atoms with Crippen LogP contribution in [0.1, 0.15) is 15.9 Å². The van der Waals surface area contributed by atoms with Crippen LogP contribution in [0.15, 0.2) is 66.7 Å². The molecule has 0 saturated heterocycles. The Morgan fingerprint density at radius 2 is 1.67 bits per heavy atom. The van der Waals surface area contributed by atoms with E-state index in [2.05, 4.69) is 6.07 Å². The number of hydrogen-bond acceptors (Lipinski definition) is 3. The molecule has 5 heteroatoms. The van der Waals surface area contributed by atoms with Crippen LogP contribution >= 0.6 is 0 Å². The number of carbonyl (C=O) groups is 1. The second-order valence-electron chi connectivity index (χ2n) is 5.65. The van der Waals surface area contributed by atoms with Crippen LogP contribution in [0.4, 0.5) is 5.69 Å². The first kappa shape index (κ1) is 15.7. The summed E-state index contributed by atoms with van der Waals surface area (Å²) in [5.41, 5.74) is 1.44. The highest BCUT2D eigenvalue weighted by atomic mass is 16.6. The van der Waals surface area contributed by atoms with Crippen LogP contribution < -0.4 is 0 Å². The van der Waals surface area contributed by atoms with Crippen LogP contribution in [0.25, 0.3) is 10.8 Å². The molecular weight excluding hydrogens is 304 g/mol. The Hall–Kier alpha value is -3.21. The number of benzene rings is 3. The van der Waals surface area contributed by atoms with E-state index in [1.807, 2.05) is 36.4 Å². The van der Waals surface area contributed by atoms with E-state index >= 15 is 0 Å². The van der Waals surface area contributed by atoms with Crippen molar-refractivity contribution in [3.8, 4) is 0 Å². The Morgan fingerprint density at radius 1 is 1.00 bits per heavy atom. The van der Waals surface area contributed by atoms with Crippen molar-refractivity contribution >= 4 is 22.4 Å². The number of hydrogen-bond donors (Lipinski definition) is 0. The minimum atomic E-state index is -0.479. The van der Waals surface area contributed by atoms with E-state index < -0.39 is 4.92 Å². The molecule has 0 bridgehead atoms. The molecule has 3 aromatic carbocycles. The minimum absolute atomic E-state index is 0.0243. The number of fused-ring (bicyclic) bond motifs is 1. The fourth-order valence-electron chi connectivity index (χ4n) is 2.63. The molecule has 120 valence electrons. The molecule has 24 heavy (non-hydrogen) atoms. The standard InChI is InChI=1S/C19H16N2O3/c1-20(19(22)16-8-10-18(11-9-16)21(23)24)13-14-6-7-15-4-2-3-5-17(15)12-14/h2-12H,13H2,1H3. The summed E-state index contributed by atoms with van der Waals surface area (Å²) in [5, 5.41) is 13.0. The highest BCUT2D eigenvalue weighted by Crippen LogP contribution is 2.18. The molecule has 0 N–H and O–H groups in total. The van der Waals surface area contributed by atoms with Gasteiger partial charge in [-0.15, -0.1) is 0 Å². The molecule has 0 unspecified atom stereocenters. The van der Waals surface area contributed by atoms with Gasteiger partial charge in [-0.1, -0.05) is 36.4 Å². The molecule has 0 spiro atoms. The van der Waals surface area contributed by atoms with Gasteiger partial charge in [-0.05, 0) is 34.5 Å². The van der Waals surface area contributed by atoms with Crippen molar-refractivity contribution in [1.82, 2.24) is 4.90 Å².